The van der Waals surface area contributed by atoms with Gasteiger partial charge in [-0.05, 0) is 30.2 Å². The number of fused-ring (bicyclic) bond motifs is 1. The van der Waals surface area contributed by atoms with Crippen LogP contribution in [0.4, 0.5) is 0 Å². The maximum absolute atomic E-state index is 12.7. The molecule has 0 bridgehead atoms. The first-order valence-electron chi connectivity index (χ1n) is 9.51. The zero-order valence-corrected chi connectivity index (χ0v) is 17.4. The van der Waals surface area contributed by atoms with E-state index in [1.807, 2.05) is 24.3 Å². The second-order valence-electron chi connectivity index (χ2n) is 6.69. The minimum Gasteiger partial charge on any atom is -0.456 e. The summed E-state index contributed by atoms with van der Waals surface area (Å²) in [6, 6.07) is 14.6. The van der Waals surface area contributed by atoms with Crippen LogP contribution in [0.2, 0.25) is 0 Å². The molecule has 0 saturated heterocycles. The molecule has 3 rings (SSSR count). The van der Waals surface area contributed by atoms with E-state index < -0.39 is 5.97 Å². The molecule has 0 spiro atoms. The first-order valence-corrected chi connectivity index (χ1v) is 10.3. The minimum atomic E-state index is -0.526. The van der Waals surface area contributed by atoms with Crippen LogP contribution in [0, 0.1) is 0 Å². The fourth-order valence-electron chi connectivity index (χ4n) is 3.02. The Morgan fingerprint density at radius 2 is 1.75 bits per heavy atom. The average molecular weight is 443 g/mol. The topological polar surface area (TPSA) is 61.2 Å². The number of aryl methyl sites for hydroxylation is 1. The van der Waals surface area contributed by atoms with E-state index in [-0.39, 0.29) is 17.9 Å². The van der Waals surface area contributed by atoms with E-state index >= 15 is 0 Å². The van der Waals surface area contributed by atoms with Gasteiger partial charge in [0.1, 0.15) is 6.61 Å². The van der Waals surface area contributed by atoms with E-state index in [4.69, 9.17) is 4.74 Å². The highest BCUT2D eigenvalue weighted by Gasteiger charge is 2.18. The quantitative estimate of drug-likeness (QED) is 0.359. The molecule has 3 aromatic rings. The van der Waals surface area contributed by atoms with Crippen LogP contribution >= 0.6 is 15.9 Å². The lowest BCUT2D eigenvalue weighted by Crippen LogP contribution is -2.26. The molecule has 28 heavy (non-hydrogen) atoms. The average Bonchev–Trinajstić information content (AvgIpc) is 2.72. The maximum atomic E-state index is 12.7. The standard InChI is InChI=1S/C22H23BrN2O3/c1-2-3-4-7-14-25-21(26)19-9-6-5-8-18(19)20(24-25)22(27)28-15-16-10-12-17(23)13-11-16/h5-6,8-13H,2-4,7,14-15H2,1H3. The van der Waals surface area contributed by atoms with Crippen LogP contribution < -0.4 is 5.56 Å². The molecule has 6 heteroatoms. The molecular formula is C22H23BrN2O3. The zero-order valence-electron chi connectivity index (χ0n) is 15.9. The van der Waals surface area contributed by atoms with Gasteiger partial charge in [-0.25, -0.2) is 9.48 Å². The van der Waals surface area contributed by atoms with Crippen LogP contribution in [0.5, 0.6) is 0 Å². The van der Waals surface area contributed by atoms with Gasteiger partial charge in [-0.15, -0.1) is 0 Å². The predicted molar refractivity (Wildman–Crippen MR) is 113 cm³/mol. The lowest BCUT2D eigenvalue weighted by Gasteiger charge is -2.11. The van der Waals surface area contributed by atoms with Crippen LogP contribution in [-0.4, -0.2) is 15.7 Å². The van der Waals surface area contributed by atoms with Crippen molar-refractivity contribution < 1.29 is 9.53 Å². The number of benzene rings is 2. The second-order valence-corrected chi connectivity index (χ2v) is 7.60. The Morgan fingerprint density at radius 1 is 1.04 bits per heavy atom. The van der Waals surface area contributed by atoms with E-state index in [0.29, 0.717) is 17.3 Å². The molecule has 0 N–H and O–H groups in total. The van der Waals surface area contributed by atoms with Crippen LogP contribution in [0.15, 0.2) is 57.8 Å². The van der Waals surface area contributed by atoms with E-state index in [9.17, 15) is 9.59 Å². The minimum absolute atomic E-state index is 0.151. The van der Waals surface area contributed by atoms with Gasteiger partial charge in [0.15, 0.2) is 5.69 Å². The molecule has 0 aliphatic rings. The Bertz CT molecular complexity index is 1010. The molecule has 0 radical (unpaired) electrons. The molecule has 0 aliphatic heterocycles. The molecule has 0 aliphatic carbocycles. The van der Waals surface area contributed by atoms with Crippen LogP contribution in [0.3, 0.4) is 0 Å². The Morgan fingerprint density at radius 3 is 2.46 bits per heavy atom. The van der Waals surface area contributed by atoms with E-state index in [0.717, 1.165) is 35.7 Å². The van der Waals surface area contributed by atoms with Crippen LogP contribution in [0.1, 0.15) is 48.7 Å². The van der Waals surface area contributed by atoms with Gasteiger partial charge in [-0.1, -0.05) is 72.4 Å². The van der Waals surface area contributed by atoms with Crippen molar-refractivity contribution in [3.05, 3.63) is 74.6 Å². The van der Waals surface area contributed by atoms with Gasteiger partial charge in [-0.2, -0.15) is 5.10 Å². The molecule has 2 aromatic carbocycles. The number of ether oxygens (including phenoxy) is 1. The number of esters is 1. The Labute approximate surface area is 172 Å². The molecule has 146 valence electrons. The Kier molecular flexibility index (Phi) is 6.98. The third-order valence-electron chi connectivity index (χ3n) is 4.57. The summed E-state index contributed by atoms with van der Waals surface area (Å²) >= 11 is 3.38. The van der Waals surface area contributed by atoms with Gasteiger partial charge in [0, 0.05) is 16.4 Å². The Balaban J connectivity index is 1.85. The molecule has 0 saturated carbocycles. The van der Waals surface area contributed by atoms with E-state index in [1.54, 1.807) is 24.3 Å². The van der Waals surface area contributed by atoms with Gasteiger partial charge in [0.25, 0.3) is 5.56 Å². The summed E-state index contributed by atoms with van der Waals surface area (Å²) in [7, 11) is 0. The fraction of sp³-hybridized carbons (Fsp3) is 0.318. The molecular weight excluding hydrogens is 420 g/mol. The summed E-state index contributed by atoms with van der Waals surface area (Å²) in [5.41, 5.74) is 0.896. The normalized spacial score (nSPS) is 10.9. The smallest absolute Gasteiger partial charge is 0.359 e. The largest absolute Gasteiger partial charge is 0.456 e. The molecule has 5 nitrogen and oxygen atoms in total. The number of rotatable bonds is 8. The summed E-state index contributed by atoms with van der Waals surface area (Å²) in [6.45, 7) is 2.79. The molecule has 1 aromatic heterocycles. The number of hydrogen-bond acceptors (Lipinski definition) is 4. The van der Waals surface area contributed by atoms with Crippen molar-refractivity contribution >= 4 is 32.7 Å². The summed E-state index contributed by atoms with van der Waals surface area (Å²) < 4.78 is 7.83. The number of unbranched alkanes of at least 4 members (excludes halogenated alkanes) is 3. The van der Waals surface area contributed by atoms with Gasteiger partial charge in [-0.3, -0.25) is 4.79 Å². The predicted octanol–water partition coefficient (Wildman–Crippen LogP) is 5.10. The first kappa shape index (κ1) is 20.3. The summed E-state index contributed by atoms with van der Waals surface area (Å²) in [6.07, 6.45) is 4.12. The third kappa shape index (κ3) is 4.87. The number of hydrogen-bond donors (Lipinski definition) is 0. The lowest BCUT2D eigenvalue weighted by atomic mass is 10.1. The molecule has 0 atom stereocenters. The van der Waals surface area contributed by atoms with Crippen molar-refractivity contribution in [2.75, 3.05) is 0 Å². The molecule has 0 fully saturated rings. The number of nitrogens with zero attached hydrogens (tertiary/aromatic N) is 2. The summed E-state index contributed by atoms with van der Waals surface area (Å²) in [5.74, 6) is -0.526. The third-order valence-corrected chi connectivity index (χ3v) is 5.10. The maximum Gasteiger partial charge on any atom is 0.359 e. The lowest BCUT2D eigenvalue weighted by molar-refractivity contribution is 0.0465. The number of carbonyl (C=O) groups excluding carboxylic acids is 1. The highest BCUT2D eigenvalue weighted by Crippen LogP contribution is 2.16. The van der Waals surface area contributed by atoms with E-state index in [2.05, 4.69) is 28.0 Å². The molecule has 1 heterocycles. The molecule has 0 unspecified atom stereocenters. The van der Waals surface area contributed by atoms with Gasteiger partial charge in [0.2, 0.25) is 0 Å². The highest BCUT2D eigenvalue weighted by atomic mass is 79.9. The van der Waals surface area contributed by atoms with Crippen molar-refractivity contribution in [3.8, 4) is 0 Å². The number of carbonyl (C=O) groups is 1. The van der Waals surface area contributed by atoms with Crippen LogP contribution in [0.25, 0.3) is 10.8 Å². The van der Waals surface area contributed by atoms with Crippen molar-refractivity contribution in [1.29, 1.82) is 0 Å². The van der Waals surface area contributed by atoms with Gasteiger partial charge in [0.05, 0.1) is 5.39 Å². The first-order chi connectivity index (χ1) is 13.6. The number of halogens is 1. The van der Waals surface area contributed by atoms with Gasteiger partial charge < -0.3 is 4.74 Å². The molecule has 0 amide bonds. The van der Waals surface area contributed by atoms with Crippen molar-refractivity contribution in [2.45, 2.75) is 45.8 Å². The monoisotopic (exact) mass is 442 g/mol. The summed E-state index contributed by atoms with van der Waals surface area (Å²) in [5, 5.41) is 5.36. The van der Waals surface area contributed by atoms with Crippen molar-refractivity contribution in [1.82, 2.24) is 9.78 Å². The second kappa shape index (κ2) is 9.64. The SMILES string of the molecule is CCCCCCn1nc(C(=O)OCc2ccc(Br)cc2)c2ccccc2c1=O. The zero-order chi connectivity index (χ0) is 19.9. The Hall–Kier alpha value is -2.47. The van der Waals surface area contributed by atoms with Crippen LogP contribution in [-0.2, 0) is 17.9 Å². The number of aromatic nitrogens is 2. The van der Waals surface area contributed by atoms with Gasteiger partial charge >= 0.3 is 5.97 Å². The summed E-state index contributed by atoms with van der Waals surface area (Å²) in [4.78, 5) is 25.5. The van der Waals surface area contributed by atoms with E-state index in [1.165, 1.54) is 4.68 Å². The van der Waals surface area contributed by atoms with Crippen molar-refractivity contribution in [2.24, 2.45) is 0 Å². The van der Waals surface area contributed by atoms with Crippen molar-refractivity contribution in [3.63, 3.8) is 0 Å². The highest BCUT2D eigenvalue weighted by molar-refractivity contribution is 9.10. The fourth-order valence-corrected chi connectivity index (χ4v) is 3.29.